The predicted octanol–water partition coefficient (Wildman–Crippen LogP) is 2.00. The van der Waals surface area contributed by atoms with Crippen LogP contribution in [0.3, 0.4) is 0 Å². The van der Waals surface area contributed by atoms with E-state index in [0.29, 0.717) is 31.3 Å². The van der Waals surface area contributed by atoms with Crippen LogP contribution in [-0.2, 0) is 9.53 Å². The van der Waals surface area contributed by atoms with Crippen molar-refractivity contribution >= 4 is 11.9 Å². The third-order valence-electron chi connectivity index (χ3n) is 4.06. The van der Waals surface area contributed by atoms with Crippen molar-refractivity contribution in [1.82, 2.24) is 9.47 Å². The molecule has 0 unspecified atom stereocenters. The minimum absolute atomic E-state index is 0.0429. The van der Waals surface area contributed by atoms with Gasteiger partial charge >= 0.3 is 5.97 Å². The van der Waals surface area contributed by atoms with Crippen LogP contribution in [0.15, 0.2) is 6.07 Å². The fraction of sp³-hybridized carbons (Fsp3) is 0.625. The zero-order chi connectivity index (χ0) is 16.4. The van der Waals surface area contributed by atoms with Gasteiger partial charge in [-0.3, -0.25) is 9.59 Å². The first-order valence-electron chi connectivity index (χ1n) is 7.62. The first-order chi connectivity index (χ1) is 10.3. The average Bonchev–Trinajstić information content (AvgIpc) is 2.72. The van der Waals surface area contributed by atoms with Crippen molar-refractivity contribution in [1.29, 1.82) is 0 Å². The smallest absolute Gasteiger partial charge is 0.306 e. The summed E-state index contributed by atoms with van der Waals surface area (Å²) in [4.78, 5) is 25.3. The summed E-state index contributed by atoms with van der Waals surface area (Å²) in [6.45, 7) is 9.34. The van der Waals surface area contributed by atoms with Crippen LogP contribution in [0.25, 0.3) is 0 Å². The number of rotatable bonds is 4. The van der Waals surface area contributed by atoms with Crippen LogP contribution in [0, 0.1) is 13.8 Å². The molecule has 0 spiro atoms. The molecule has 1 amide bonds. The van der Waals surface area contributed by atoms with E-state index in [4.69, 9.17) is 9.84 Å². The normalized spacial score (nSPS) is 18.8. The number of hydrogen-bond donors (Lipinski definition) is 1. The van der Waals surface area contributed by atoms with Crippen LogP contribution in [0.1, 0.15) is 48.1 Å². The molecule has 6 heteroatoms. The van der Waals surface area contributed by atoms with Gasteiger partial charge in [-0.1, -0.05) is 0 Å². The first kappa shape index (κ1) is 16.5. The van der Waals surface area contributed by atoms with Gasteiger partial charge in [0.1, 0.15) is 0 Å². The number of ether oxygens (including phenoxy) is 1. The van der Waals surface area contributed by atoms with Crippen LogP contribution in [0.4, 0.5) is 0 Å². The van der Waals surface area contributed by atoms with Gasteiger partial charge in [-0.2, -0.15) is 0 Å². The third kappa shape index (κ3) is 3.32. The molecule has 1 aliphatic rings. The van der Waals surface area contributed by atoms with Gasteiger partial charge in [0.2, 0.25) is 0 Å². The second-order valence-electron chi connectivity index (χ2n) is 6.09. The molecule has 1 fully saturated rings. The van der Waals surface area contributed by atoms with Crippen molar-refractivity contribution in [2.75, 3.05) is 19.7 Å². The summed E-state index contributed by atoms with van der Waals surface area (Å²) < 4.78 is 7.56. The molecule has 1 aliphatic heterocycles. The molecule has 122 valence electrons. The summed E-state index contributed by atoms with van der Waals surface area (Å²) >= 11 is 0. The zero-order valence-corrected chi connectivity index (χ0v) is 13.6. The largest absolute Gasteiger partial charge is 0.481 e. The van der Waals surface area contributed by atoms with Crippen molar-refractivity contribution < 1.29 is 19.4 Å². The lowest BCUT2D eigenvalue weighted by atomic mass is 10.1. The SMILES string of the molecule is Cc1cc(C(=O)N2CCO[C@H](CC(=O)O)C2)c(C)n1C(C)C. The van der Waals surface area contributed by atoms with Gasteiger partial charge in [0.05, 0.1) is 24.7 Å². The Labute approximate surface area is 130 Å². The third-order valence-corrected chi connectivity index (χ3v) is 4.06. The molecule has 1 atom stereocenters. The van der Waals surface area contributed by atoms with Gasteiger partial charge in [0, 0.05) is 30.5 Å². The Hall–Kier alpha value is -1.82. The Morgan fingerprint density at radius 2 is 2.09 bits per heavy atom. The minimum atomic E-state index is -0.905. The summed E-state index contributed by atoms with van der Waals surface area (Å²) in [5.41, 5.74) is 2.71. The molecule has 1 aromatic rings. The van der Waals surface area contributed by atoms with Crippen molar-refractivity contribution in [2.24, 2.45) is 0 Å². The molecule has 0 aromatic carbocycles. The van der Waals surface area contributed by atoms with Gasteiger partial charge in [-0.15, -0.1) is 0 Å². The Morgan fingerprint density at radius 3 is 2.64 bits per heavy atom. The minimum Gasteiger partial charge on any atom is -0.481 e. The quantitative estimate of drug-likeness (QED) is 0.923. The van der Waals surface area contributed by atoms with Gasteiger partial charge in [0.25, 0.3) is 5.91 Å². The number of aliphatic carboxylic acids is 1. The Balaban J connectivity index is 2.18. The van der Waals surface area contributed by atoms with E-state index in [1.165, 1.54) is 0 Å². The fourth-order valence-corrected chi connectivity index (χ4v) is 3.18. The maximum atomic E-state index is 12.7. The fourth-order valence-electron chi connectivity index (χ4n) is 3.18. The molecule has 2 rings (SSSR count). The van der Waals surface area contributed by atoms with Crippen LogP contribution in [0.5, 0.6) is 0 Å². The van der Waals surface area contributed by atoms with E-state index in [1.54, 1.807) is 4.90 Å². The Bertz CT molecular complexity index is 577. The number of amides is 1. The van der Waals surface area contributed by atoms with Gasteiger partial charge < -0.3 is 19.3 Å². The Kier molecular flexibility index (Phi) is 4.90. The molecule has 2 heterocycles. The highest BCUT2D eigenvalue weighted by Gasteiger charge is 2.28. The van der Waals surface area contributed by atoms with Crippen molar-refractivity contribution in [3.05, 3.63) is 23.0 Å². The number of aryl methyl sites for hydroxylation is 1. The van der Waals surface area contributed by atoms with E-state index in [2.05, 4.69) is 18.4 Å². The van der Waals surface area contributed by atoms with Crippen LogP contribution in [-0.4, -0.2) is 52.3 Å². The standard InChI is InChI=1S/C16H24N2O4/c1-10(2)18-11(3)7-14(12(18)4)16(21)17-5-6-22-13(9-17)8-15(19)20/h7,10,13H,5-6,8-9H2,1-4H3,(H,19,20)/t13-/m1/s1. The number of carbonyl (C=O) groups excluding carboxylic acids is 1. The second kappa shape index (κ2) is 6.52. The molecule has 0 saturated carbocycles. The zero-order valence-electron chi connectivity index (χ0n) is 13.6. The van der Waals surface area contributed by atoms with E-state index < -0.39 is 12.1 Å². The second-order valence-corrected chi connectivity index (χ2v) is 6.09. The highest BCUT2D eigenvalue weighted by molar-refractivity contribution is 5.95. The predicted molar refractivity (Wildman–Crippen MR) is 82.2 cm³/mol. The maximum absolute atomic E-state index is 12.7. The molecular formula is C16H24N2O4. The average molecular weight is 308 g/mol. The lowest BCUT2D eigenvalue weighted by Gasteiger charge is -2.32. The first-order valence-corrected chi connectivity index (χ1v) is 7.62. The number of morpholine rings is 1. The highest BCUT2D eigenvalue weighted by atomic mass is 16.5. The molecule has 22 heavy (non-hydrogen) atoms. The van der Waals surface area contributed by atoms with E-state index in [1.807, 2.05) is 19.9 Å². The molecule has 0 radical (unpaired) electrons. The lowest BCUT2D eigenvalue weighted by molar-refractivity contribution is -0.141. The van der Waals surface area contributed by atoms with Crippen molar-refractivity contribution in [2.45, 2.75) is 46.3 Å². The Morgan fingerprint density at radius 1 is 1.41 bits per heavy atom. The van der Waals surface area contributed by atoms with Crippen molar-refractivity contribution in [3.63, 3.8) is 0 Å². The van der Waals surface area contributed by atoms with E-state index in [-0.39, 0.29) is 12.3 Å². The lowest BCUT2D eigenvalue weighted by Crippen LogP contribution is -2.46. The molecule has 1 aromatic heterocycles. The van der Waals surface area contributed by atoms with Gasteiger partial charge in [0.15, 0.2) is 0 Å². The number of carboxylic acid groups (broad SMARTS) is 1. The number of carbonyl (C=O) groups is 2. The van der Waals surface area contributed by atoms with Gasteiger partial charge in [-0.25, -0.2) is 0 Å². The van der Waals surface area contributed by atoms with Crippen LogP contribution < -0.4 is 0 Å². The summed E-state index contributed by atoms with van der Waals surface area (Å²) in [6.07, 6.45) is -0.502. The molecule has 0 aliphatic carbocycles. The van der Waals surface area contributed by atoms with E-state index >= 15 is 0 Å². The maximum Gasteiger partial charge on any atom is 0.306 e. The van der Waals surface area contributed by atoms with Gasteiger partial charge in [-0.05, 0) is 33.8 Å². The molecule has 1 saturated heterocycles. The number of nitrogens with zero attached hydrogens (tertiary/aromatic N) is 2. The molecule has 6 nitrogen and oxygen atoms in total. The number of aromatic nitrogens is 1. The number of hydrogen-bond acceptors (Lipinski definition) is 3. The molecule has 1 N–H and O–H groups in total. The van der Waals surface area contributed by atoms with Crippen molar-refractivity contribution in [3.8, 4) is 0 Å². The topological polar surface area (TPSA) is 71.8 Å². The highest BCUT2D eigenvalue weighted by Crippen LogP contribution is 2.22. The monoisotopic (exact) mass is 308 g/mol. The van der Waals surface area contributed by atoms with E-state index in [9.17, 15) is 9.59 Å². The van der Waals surface area contributed by atoms with E-state index in [0.717, 1.165) is 11.4 Å². The summed E-state index contributed by atoms with van der Waals surface area (Å²) in [5, 5.41) is 8.87. The van der Waals surface area contributed by atoms with Crippen LogP contribution >= 0.6 is 0 Å². The summed E-state index contributed by atoms with van der Waals surface area (Å²) in [5.74, 6) is -0.948. The molecule has 0 bridgehead atoms. The summed E-state index contributed by atoms with van der Waals surface area (Å²) in [7, 11) is 0. The van der Waals surface area contributed by atoms with Crippen LogP contribution in [0.2, 0.25) is 0 Å². The molecular weight excluding hydrogens is 284 g/mol. The number of carboxylic acids is 1. The summed E-state index contributed by atoms with van der Waals surface area (Å²) in [6, 6.07) is 2.21.